The van der Waals surface area contributed by atoms with E-state index in [9.17, 15) is 5.11 Å². The van der Waals surface area contributed by atoms with E-state index < -0.39 is 5.60 Å². The first-order valence-electron chi connectivity index (χ1n) is 5.55. The van der Waals surface area contributed by atoms with Gasteiger partial charge in [0.2, 0.25) is 0 Å². The number of methoxy groups -OCH3 is 1. The molecule has 0 heterocycles. The van der Waals surface area contributed by atoms with Crippen molar-refractivity contribution in [3.05, 3.63) is 35.9 Å². The van der Waals surface area contributed by atoms with E-state index in [1.54, 1.807) is 7.11 Å². The van der Waals surface area contributed by atoms with Gasteiger partial charge in [0.05, 0.1) is 12.7 Å². The average Bonchev–Trinajstić information content (AvgIpc) is 2.23. The van der Waals surface area contributed by atoms with Crippen molar-refractivity contribution < 1.29 is 9.84 Å². The minimum absolute atomic E-state index is 0.592. The lowest BCUT2D eigenvalue weighted by Gasteiger charge is -2.14. The molecule has 1 aromatic rings. The Morgan fingerprint density at radius 2 is 2.00 bits per heavy atom. The molecule has 16 heavy (non-hydrogen) atoms. The van der Waals surface area contributed by atoms with Crippen LogP contribution in [0.2, 0.25) is 0 Å². The smallest absolute Gasteiger partial charge is 0.126 e. The molecule has 0 aliphatic heterocycles. The molecule has 0 unspecified atom stereocenters. The van der Waals surface area contributed by atoms with Gasteiger partial charge in [-0.25, -0.2) is 0 Å². The summed E-state index contributed by atoms with van der Waals surface area (Å²) in [6, 6.07) is 7.89. The molecule has 0 aliphatic carbocycles. The van der Waals surface area contributed by atoms with E-state index in [0.29, 0.717) is 0 Å². The largest absolute Gasteiger partial charge is 0.496 e. The maximum atomic E-state index is 9.56. The summed E-state index contributed by atoms with van der Waals surface area (Å²) in [4.78, 5) is 0. The van der Waals surface area contributed by atoms with Crippen LogP contribution >= 0.6 is 0 Å². The number of para-hydroxylation sites is 1. The molecule has 0 spiro atoms. The molecular weight excluding hydrogens is 200 g/mol. The maximum absolute atomic E-state index is 9.56. The second-order valence-corrected chi connectivity index (χ2v) is 4.50. The van der Waals surface area contributed by atoms with Crippen LogP contribution in [-0.2, 0) is 0 Å². The Balaban J connectivity index is 2.56. The van der Waals surface area contributed by atoms with Gasteiger partial charge in [-0.1, -0.05) is 30.4 Å². The van der Waals surface area contributed by atoms with Crippen molar-refractivity contribution in [2.24, 2.45) is 0 Å². The Labute approximate surface area is 97.6 Å². The molecule has 1 rings (SSSR count). The lowest BCUT2D eigenvalue weighted by Crippen LogP contribution is -2.17. The zero-order chi connectivity index (χ0) is 12.0. The van der Waals surface area contributed by atoms with Crippen molar-refractivity contribution in [2.45, 2.75) is 32.3 Å². The van der Waals surface area contributed by atoms with Crippen LogP contribution in [0.4, 0.5) is 0 Å². The summed E-state index contributed by atoms with van der Waals surface area (Å²) in [6.45, 7) is 3.65. The molecule has 0 radical (unpaired) electrons. The standard InChI is InChI=1S/C14H20O2/c1-14(2,15)11-7-6-9-12-8-4-5-10-13(12)16-3/h4-6,8-10,15H,7,11H2,1-3H3/b9-6+. The predicted molar refractivity (Wildman–Crippen MR) is 67.6 cm³/mol. The predicted octanol–water partition coefficient (Wildman–Crippen LogP) is 3.26. The first-order valence-corrected chi connectivity index (χ1v) is 5.55. The Morgan fingerprint density at radius 3 is 2.62 bits per heavy atom. The zero-order valence-electron chi connectivity index (χ0n) is 10.2. The van der Waals surface area contributed by atoms with Gasteiger partial charge in [-0.3, -0.25) is 0 Å². The average molecular weight is 220 g/mol. The number of benzene rings is 1. The molecule has 0 bridgehead atoms. The third-order valence-corrected chi connectivity index (χ3v) is 2.36. The highest BCUT2D eigenvalue weighted by molar-refractivity contribution is 5.56. The van der Waals surface area contributed by atoms with E-state index in [1.807, 2.05) is 44.2 Å². The first-order chi connectivity index (χ1) is 7.53. The minimum atomic E-state index is -0.592. The van der Waals surface area contributed by atoms with Crippen molar-refractivity contribution in [1.82, 2.24) is 0 Å². The van der Waals surface area contributed by atoms with Gasteiger partial charge in [0.1, 0.15) is 5.75 Å². The van der Waals surface area contributed by atoms with E-state index in [0.717, 1.165) is 24.2 Å². The molecule has 0 amide bonds. The molecule has 0 saturated heterocycles. The molecular formula is C14H20O2. The van der Waals surface area contributed by atoms with Crippen LogP contribution in [0.1, 0.15) is 32.3 Å². The van der Waals surface area contributed by atoms with E-state index in [-0.39, 0.29) is 0 Å². The molecule has 2 heteroatoms. The van der Waals surface area contributed by atoms with E-state index in [4.69, 9.17) is 4.74 Å². The van der Waals surface area contributed by atoms with Crippen LogP contribution in [0.15, 0.2) is 30.3 Å². The molecule has 2 nitrogen and oxygen atoms in total. The van der Waals surface area contributed by atoms with Gasteiger partial charge in [-0.15, -0.1) is 0 Å². The van der Waals surface area contributed by atoms with Crippen LogP contribution < -0.4 is 4.74 Å². The van der Waals surface area contributed by atoms with Gasteiger partial charge < -0.3 is 9.84 Å². The van der Waals surface area contributed by atoms with Crippen LogP contribution in [0.3, 0.4) is 0 Å². The third-order valence-electron chi connectivity index (χ3n) is 2.36. The summed E-state index contributed by atoms with van der Waals surface area (Å²) in [6.07, 6.45) is 5.72. The minimum Gasteiger partial charge on any atom is -0.496 e. The molecule has 1 N–H and O–H groups in total. The van der Waals surface area contributed by atoms with Crippen molar-refractivity contribution in [1.29, 1.82) is 0 Å². The Bertz CT molecular complexity index is 348. The first kappa shape index (κ1) is 12.8. The molecule has 0 fully saturated rings. The van der Waals surface area contributed by atoms with Gasteiger partial charge in [-0.2, -0.15) is 0 Å². The summed E-state index contributed by atoms with van der Waals surface area (Å²) >= 11 is 0. The van der Waals surface area contributed by atoms with E-state index in [1.165, 1.54) is 0 Å². The molecule has 1 aromatic carbocycles. The highest BCUT2D eigenvalue weighted by Crippen LogP contribution is 2.19. The number of allylic oxidation sites excluding steroid dienone is 1. The maximum Gasteiger partial charge on any atom is 0.126 e. The topological polar surface area (TPSA) is 29.5 Å². The summed E-state index contributed by atoms with van der Waals surface area (Å²) in [5.41, 5.74) is 0.478. The van der Waals surface area contributed by atoms with Crippen molar-refractivity contribution >= 4 is 6.08 Å². The second kappa shape index (κ2) is 5.71. The second-order valence-electron chi connectivity index (χ2n) is 4.50. The van der Waals surface area contributed by atoms with Gasteiger partial charge >= 0.3 is 0 Å². The quantitative estimate of drug-likeness (QED) is 0.825. The van der Waals surface area contributed by atoms with E-state index >= 15 is 0 Å². The molecule has 0 atom stereocenters. The number of rotatable bonds is 5. The molecule has 0 aromatic heterocycles. The fraction of sp³-hybridized carbons (Fsp3) is 0.429. The lowest BCUT2D eigenvalue weighted by molar-refractivity contribution is 0.0722. The van der Waals surface area contributed by atoms with Gasteiger partial charge in [-0.05, 0) is 32.8 Å². The number of hydrogen-bond acceptors (Lipinski definition) is 2. The highest BCUT2D eigenvalue weighted by Gasteiger charge is 2.09. The van der Waals surface area contributed by atoms with E-state index in [2.05, 4.69) is 6.08 Å². The lowest BCUT2D eigenvalue weighted by atomic mass is 10.0. The van der Waals surface area contributed by atoms with Crippen molar-refractivity contribution in [2.75, 3.05) is 7.11 Å². The normalized spacial score (nSPS) is 12.0. The number of aliphatic hydroxyl groups is 1. The van der Waals surface area contributed by atoms with Crippen LogP contribution in [0.5, 0.6) is 5.75 Å². The fourth-order valence-electron chi connectivity index (χ4n) is 1.45. The number of ether oxygens (including phenoxy) is 1. The summed E-state index contributed by atoms with van der Waals surface area (Å²) in [5, 5.41) is 9.56. The van der Waals surface area contributed by atoms with Crippen LogP contribution in [-0.4, -0.2) is 17.8 Å². The fourth-order valence-corrected chi connectivity index (χ4v) is 1.45. The third kappa shape index (κ3) is 4.49. The zero-order valence-corrected chi connectivity index (χ0v) is 10.2. The van der Waals surface area contributed by atoms with Crippen LogP contribution in [0, 0.1) is 0 Å². The van der Waals surface area contributed by atoms with Gasteiger partial charge in [0.25, 0.3) is 0 Å². The van der Waals surface area contributed by atoms with Crippen LogP contribution in [0.25, 0.3) is 6.08 Å². The van der Waals surface area contributed by atoms with Gasteiger partial charge in [0.15, 0.2) is 0 Å². The summed E-state index contributed by atoms with van der Waals surface area (Å²) in [5.74, 6) is 0.877. The van der Waals surface area contributed by atoms with Crippen molar-refractivity contribution in [3.8, 4) is 5.75 Å². The summed E-state index contributed by atoms with van der Waals surface area (Å²) < 4.78 is 5.24. The Hall–Kier alpha value is -1.28. The monoisotopic (exact) mass is 220 g/mol. The van der Waals surface area contributed by atoms with Gasteiger partial charge in [0, 0.05) is 5.56 Å². The highest BCUT2D eigenvalue weighted by atomic mass is 16.5. The Kier molecular flexibility index (Phi) is 4.56. The Morgan fingerprint density at radius 1 is 1.31 bits per heavy atom. The SMILES string of the molecule is COc1ccccc1/C=C/CCC(C)(C)O. The molecule has 0 aliphatic rings. The van der Waals surface area contributed by atoms with Crippen molar-refractivity contribution in [3.63, 3.8) is 0 Å². The molecule has 0 saturated carbocycles. The molecule has 88 valence electrons. The number of hydrogen-bond donors (Lipinski definition) is 1. The summed E-state index contributed by atoms with van der Waals surface area (Å²) in [7, 11) is 1.67.